The summed E-state index contributed by atoms with van der Waals surface area (Å²) in [6.45, 7) is 6.42. The number of nitrogens with zero attached hydrogens (tertiary/aromatic N) is 1. The molecule has 7 heteroatoms. The first-order valence-corrected chi connectivity index (χ1v) is 7.48. The number of amides is 1. The maximum absolute atomic E-state index is 11.7. The van der Waals surface area contributed by atoms with E-state index >= 15 is 0 Å². The number of nitrogens with one attached hydrogen (secondary N) is 1. The molecule has 1 N–H and O–H groups in total. The lowest BCUT2D eigenvalue weighted by Gasteiger charge is -2.24. The monoisotopic (exact) mass is 316 g/mol. The van der Waals surface area contributed by atoms with Crippen LogP contribution < -0.4 is 5.32 Å². The molecule has 0 saturated heterocycles. The van der Waals surface area contributed by atoms with Crippen LogP contribution in [0, 0.1) is 0 Å². The van der Waals surface area contributed by atoms with Crippen LogP contribution in [0.25, 0.3) is 0 Å². The number of hydrogen-bond acceptors (Lipinski definition) is 6. The standard InChI is InChI=1S/C15H28N2O5/c1-15(2,3)22-14(20)17(5)11-7-9-13(19)21-12(18)8-6-10-16-4/h16H,6-11H2,1-5H3. The van der Waals surface area contributed by atoms with Crippen molar-refractivity contribution in [2.45, 2.75) is 52.1 Å². The number of ether oxygens (including phenoxy) is 2. The van der Waals surface area contributed by atoms with Crippen LogP contribution in [0.5, 0.6) is 0 Å². The number of hydrogen-bond donors (Lipinski definition) is 1. The molecule has 0 aliphatic heterocycles. The Morgan fingerprint density at radius 1 is 1.05 bits per heavy atom. The largest absolute Gasteiger partial charge is 0.444 e. The van der Waals surface area contributed by atoms with Crippen molar-refractivity contribution < 1.29 is 23.9 Å². The lowest BCUT2D eigenvalue weighted by molar-refractivity contribution is -0.159. The summed E-state index contributed by atoms with van der Waals surface area (Å²) >= 11 is 0. The van der Waals surface area contributed by atoms with Gasteiger partial charge in [-0.3, -0.25) is 9.59 Å². The van der Waals surface area contributed by atoms with E-state index in [1.165, 1.54) is 4.90 Å². The highest BCUT2D eigenvalue weighted by molar-refractivity contribution is 5.85. The minimum atomic E-state index is -0.563. The molecule has 0 aromatic rings. The topological polar surface area (TPSA) is 84.9 Å². The molecule has 0 fully saturated rings. The van der Waals surface area contributed by atoms with Gasteiger partial charge in [-0.25, -0.2) is 4.79 Å². The van der Waals surface area contributed by atoms with Crippen LogP contribution in [0.4, 0.5) is 4.79 Å². The van der Waals surface area contributed by atoms with E-state index in [4.69, 9.17) is 4.74 Å². The summed E-state index contributed by atoms with van der Waals surface area (Å²) < 4.78 is 9.87. The van der Waals surface area contributed by atoms with Gasteiger partial charge >= 0.3 is 18.0 Å². The zero-order chi connectivity index (χ0) is 17.2. The van der Waals surface area contributed by atoms with E-state index in [0.717, 1.165) is 0 Å². The summed E-state index contributed by atoms with van der Waals surface area (Å²) in [6, 6.07) is 0. The Morgan fingerprint density at radius 3 is 2.09 bits per heavy atom. The molecule has 0 aromatic carbocycles. The summed E-state index contributed by atoms with van der Waals surface area (Å²) in [5.74, 6) is -1.08. The molecule has 1 amide bonds. The van der Waals surface area contributed by atoms with E-state index in [9.17, 15) is 14.4 Å². The second-order valence-corrected chi connectivity index (χ2v) is 6.06. The molecule has 0 aliphatic carbocycles. The first-order valence-electron chi connectivity index (χ1n) is 7.48. The predicted octanol–water partition coefficient (Wildman–Crippen LogP) is 1.70. The van der Waals surface area contributed by atoms with Crippen molar-refractivity contribution in [1.29, 1.82) is 0 Å². The molecule has 0 atom stereocenters. The Bertz CT molecular complexity index is 377. The first-order chi connectivity index (χ1) is 10.2. The van der Waals surface area contributed by atoms with E-state index in [1.807, 2.05) is 0 Å². The van der Waals surface area contributed by atoms with Gasteiger partial charge in [0.15, 0.2) is 0 Å². The van der Waals surface area contributed by atoms with E-state index < -0.39 is 23.6 Å². The second-order valence-electron chi connectivity index (χ2n) is 6.06. The maximum atomic E-state index is 11.7. The molecule has 0 radical (unpaired) electrons. The molecule has 0 aliphatic rings. The maximum Gasteiger partial charge on any atom is 0.410 e. The number of carbonyl (C=O) groups is 3. The Balaban J connectivity index is 3.87. The number of carbonyl (C=O) groups excluding carboxylic acids is 3. The Kier molecular flexibility index (Phi) is 9.40. The van der Waals surface area contributed by atoms with Crippen molar-refractivity contribution in [3.8, 4) is 0 Å². The van der Waals surface area contributed by atoms with Crippen molar-refractivity contribution >= 4 is 18.0 Å². The van der Waals surface area contributed by atoms with Crippen LogP contribution in [0.15, 0.2) is 0 Å². The predicted molar refractivity (Wildman–Crippen MR) is 82.4 cm³/mol. The lowest BCUT2D eigenvalue weighted by Crippen LogP contribution is -2.34. The molecule has 7 nitrogen and oxygen atoms in total. The molecule has 0 heterocycles. The van der Waals surface area contributed by atoms with Crippen LogP contribution in [0.2, 0.25) is 0 Å². The molecule has 0 bridgehead atoms. The smallest absolute Gasteiger partial charge is 0.410 e. The fourth-order valence-corrected chi connectivity index (χ4v) is 1.53. The third-order valence-electron chi connectivity index (χ3n) is 2.61. The van der Waals surface area contributed by atoms with Crippen LogP contribution in [-0.4, -0.2) is 55.7 Å². The quantitative estimate of drug-likeness (QED) is 0.417. The summed E-state index contributed by atoms with van der Waals surface area (Å²) in [4.78, 5) is 35.9. The zero-order valence-corrected chi connectivity index (χ0v) is 14.2. The van der Waals surface area contributed by atoms with Gasteiger partial charge in [0.2, 0.25) is 0 Å². The van der Waals surface area contributed by atoms with Crippen LogP contribution >= 0.6 is 0 Å². The van der Waals surface area contributed by atoms with Crippen molar-refractivity contribution in [3.05, 3.63) is 0 Å². The summed E-state index contributed by atoms with van der Waals surface area (Å²) in [7, 11) is 3.39. The number of rotatable bonds is 8. The van der Waals surface area contributed by atoms with Gasteiger partial charge in [-0.2, -0.15) is 0 Å². The Labute approximate surface area is 132 Å². The summed E-state index contributed by atoms with van der Waals surface area (Å²) in [5, 5.41) is 2.91. The minimum absolute atomic E-state index is 0.0882. The normalized spacial score (nSPS) is 11.0. The van der Waals surface area contributed by atoms with Crippen LogP contribution in [-0.2, 0) is 19.1 Å². The SMILES string of the molecule is CNCCCC(=O)OC(=O)CCCN(C)C(=O)OC(C)(C)C. The third kappa shape index (κ3) is 11.1. The highest BCUT2D eigenvalue weighted by Crippen LogP contribution is 2.09. The van der Waals surface area contributed by atoms with Crippen LogP contribution in [0.1, 0.15) is 46.5 Å². The molecule has 0 rings (SSSR count). The van der Waals surface area contributed by atoms with Gasteiger partial charge in [-0.15, -0.1) is 0 Å². The third-order valence-corrected chi connectivity index (χ3v) is 2.61. The highest BCUT2D eigenvalue weighted by Gasteiger charge is 2.19. The van der Waals surface area contributed by atoms with Gasteiger partial charge in [-0.1, -0.05) is 0 Å². The molecule has 0 saturated carbocycles. The average molecular weight is 316 g/mol. The van der Waals surface area contributed by atoms with E-state index in [2.05, 4.69) is 10.1 Å². The van der Waals surface area contributed by atoms with Gasteiger partial charge < -0.3 is 19.7 Å². The van der Waals surface area contributed by atoms with Gasteiger partial charge in [0.1, 0.15) is 5.60 Å². The van der Waals surface area contributed by atoms with Crippen molar-refractivity contribution in [3.63, 3.8) is 0 Å². The average Bonchev–Trinajstić information content (AvgIpc) is 2.36. The Morgan fingerprint density at radius 2 is 1.59 bits per heavy atom. The van der Waals surface area contributed by atoms with Crippen molar-refractivity contribution in [2.75, 3.05) is 27.2 Å². The highest BCUT2D eigenvalue weighted by atomic mass is 16.6. The van der Waals surface area contributed by atoms with Crippen LogP contribution in [0.3, 0.4) is 0 Å². The molecule has 0 unspecified atom stereocenters. The molecule has 0 spiro atoms. The molecular formula is C15H28N2O5. The van der Waals surface area contributed by atoms with Gasteiger partial charge in [0, 0.05) is 26.4 Å². The Hall–Kier alpha value is -1.63. The molecular weight excluding hydrogens is 288 g/mol. The van der Waals surface area contributed by atoms with E-state index in [0.29, 0.717) is 25.9 Å². The fraction of sp³-hybridized carbons (Fsp3) is 0.800. The minimum Gasteiger partial charge on any atom is -0.444 e. The number of esters is 2. The zero-order valence-electron chi connectivity index (χ0n) is 14.2. The van der Waals surface area contributed by atoms with E-state index in [1.54, 1.807) is 34.9 Å². The molecule has 22 heavy (non-hydrogen) atoms. The molecule has 0 aromatic heterocycles. The van der Waals surface area contributed by atoms with Gasteiger partial charge in [-0.05, 0) is 47.2 Å². The van der Waals surface area contributed by atoms with Gasteiger partial charge in [0.05, 0.1) is 0 Å². The fourth-order valence-electron chi connectivity index (χ4n) is 1.53. The summed E-state index contributed by atoms with van der Waals surface area (Å²) in [6.07, 6.45) is 0.904. The first kappa shape index (κ1) is 20.4. The molecule has 128 valence electrons. The van der Waals surface area contributed by atoms with Crippen molar-refractivity contribution in [1.82, 2.24) is 10.2 Å². The summed E-state index contributed by atoms with van der Waals surface area (Å²) in [5.41, 5.74) is -0.552. The van der Waals surface area contributed by atoms with Crippen molar-refractivity contribution in [2.24, 2.45) is 0 Å². The van der Waals surface area contributed by atoms with E-state index in [-0.39, 0.29) is 12.8 Å². The second kappa shape index (κ2) is 10.2. The van der Waals surface area contributed by atoms with Gasteiger partial charge in [0.25, 0.3) is 0 Å². The lowest BCUT2D eigenvalue weighted by atomic mass is 10.2.